The van der Waals surface area contributed by atoms with Crippen LogP contribution in [0.1, 0.15) is 12.8 Å². The standard InChI is InChI=1S/C16H14INO2/c17-11-2-1-3-12(8-11)18-15(19)13-9-4-5-10(7-6-9)14(13)16(18)20/h1-5,8-10,13-14H,6-7H2/t9-,10+,13-,14+. The van der Waals surface area contributed by atoms with Crippen molar-refractivity contribution in [3.8, 4) is 0 Å². The molecule has 1 saturated carbocycles. The van der Waals surface area contributed by atoms with Gasteiger partial charge < -0.3 is 0 Å². The predicted molar refractivity (Wildman–Crippen MR) is 84.0 cm³/mol. The van der Waals surface area contributed by atoms with Gasteiger partial charge in [-0.05, 0) is 65.5 Å². The van der Waals surface area contributed by atoms with Crippen molar-refractivity contribution in [1.29, 1.82) is 0 Å². The van der Waals surface area contributed by atoms with Crippen molar-refractivity contribution in [2.24, 2.45) is 23.7 Å². The maximum atomic E-state index is 12.7. The lowest BCUT2D eigenvalue weighted by Gasteiger charge is -2.38. The van der Waals surface area contributed by atoms with E-state index < -0.39 is 0 Å². The van der Waals surface area contributed by atoms with Gasteiger partial charge in [0.1, 0.15) is 0 Å². The molecule has 3 aliphatic carbocycles. The fourth-order valence-electron chi connectivity index (χ4n) is 3.94. The molecule has 2 bridgehead atoms. The second-order valence-electron chi connectivity index (χ2n) is 5.83. The molecule has 2 amide bonds. The summed E-state index contributed by atoms with van der Waals surface area (Å²) in [5, 5.41) is 0. The lowest BCUT2D eigenvalue weighted by molar-refractivity contribution is -0.124. The van der Waals surface area contributed by atoms with Crippen LogP contribution in [0.4, 0.5) is 5.69 Å². The Morgan fingerprint density at radius 2 is 1.60 bits per heavy atom. The molecule has 1 aromatic rings. The van der Waals surface area contributed by atoms with Gasteiger partial charge in [0.15, 0.2) is 0 Å². The zero-order valence-corrected chi connectivity index (χ0v) is 13.0. The molecule has 102 valence electrons. The molecule has 3 nitrogen and oxygen atoms in total. The summed E-state index contributed by atoms with van der Waals surface area (Å²) in [6.07, 6.45) is 6.39. The molecular formula is C16H14INO2. The van der Waals surface area contributed by atoms with Crippen LogP contribution in [-0.2, 0) is 9.59 Å². The number of carbonyl (C=O) groups excluding carboxylic acids is 2. The van der Waals surface area contributed by atoms with Gasteiger partial charge in [0.05, 0.1) is 17.5 Å². The summed E-state index contributed by atoms with van der Waals surface area (Å²) in [6, 6.07) is 7.62. The fraction of sp³-hybridized carbons (Fsp3) is 0.375. The van der Waals surface area contributed by atoms with E-state index in [-0.39, 0.29) is 35.5 Å². The van der Waals surface area contributed by atoms with Gasteiger partial charge in [0, 0.05) is 3.57 Å². The van der Waals surface area contributed by atoms with Crippen LogP contribution in [0.3, 0.4) is 0 Å². The number of fused-ring (bicyclic) bond motifs is 1. The first-order valence-corrected chi connectivity index (χ1v) is 8.06. The minimum atomic E-state index is -0.121. The lowest BCUT2D eigenvalue weighted by Crippen LogP contribution is -2.38. The monoisotopic (exact) mass is 379 g/mol. The van der Waals surface area contributed by atoms with E-state index >= 15 is 0 Å². The number of anilines is 1. The molecule has 2 fully saturated rings. The summed E-state index contributed by atoms with van der Waals surface area (Å²) < 4.78 is 1.04. The Balaban J connectivity index is 1.77. The summed E-state index contributed by atoms with van der Waals surface area (Å²) in [6.45, 7) is 0. The van der Waals surface area contributed by atoms with E-state index in [1.807, 2.05) is 24.3 Å². The minimum absolute atomic E-state index is 0.000972. The molecule has 5 rings (SSSR count). The van der Waals surface area contributed by atoms with Crippen molar-refractivity contribution in [3.05, 3.63) is 40.0 Å². The number of hydrogen-bond donors (Lipinski definition) is 0. The van der Waals surface area contributed by atoms with Crippen LogP contribution in [0.25, 0.3) is 0 Å². The highest BCUT2D eigenvalue weighted by Crippen LogP contribution is 2.50. The smallest absolute Gasteiger partial charge is 0.238 e. The minimum Gasteiger partial charge on any atom is -0.274 e. The number of amides is 2. The van der Waals surface area contributed by atoms with Gasteiger partial charge >= 0.3 is 0 Å². The number of imide groups is 1. The normalized spacial score (nSPS) is 34.8. The van der Waals surface area contributed by atoms with Gasteiger partial charge in [-0.25, -0.2) is 4.90 Å². The highest BCUT2D eigenvalue weighted by atomic mass is 127. The van der Waals surface area contributed by atoms with E-state index in [9.17, 15) is 9.59 Å². The van der Waals surface area contributed by atoms with E-state index in [0.717, 1.165) is 22.1 Å². The van der Waals surface area contributed by atoms with Gasteiger partial charge in [0.25, 0.3) is 0 Å². The van der Waals surface area contributed by atoms with Crippen LogP contribution in [0, 0.1) is 27.2 Å². The molecule has 1 aliphatic heterocycles. The first-order valence-electron chi connectivity index (χ1n) is 6.98. The van der Waals surface area contributed by atoms with Crippen molar-refractivity contribution in [2.75, 3.05) is 4.90 Å². The Labute approximate surface area is 131 Å². The fourth-order valence-corrected chi connectivity index (χ4v) is 4.47. The number of allylic oxidation sites excluding steroid dienone is 2. The van der Waals surface area contributed by atoms with E-state index in [1.54, 1.807) is 0 Å². The van der Waals surface area contributed by atoms with Crippen LogP contribution in [0.15, 0.2) is 36.4 Å². The second kappa shape index (κ2) is 4.41. The SMILES string of the molecule is O=C1[C@@H]2[C@H](C(=O)N1c1cccc(I)c1)[C@@H]1C=C[C@H]2CC1. The molecule has 4 aliphatic rings. The summed E-state index contributed by atoms with van der Waals surface area (Å²) in [4.78, 5) is 26.9. The number of rotatable bonds is 1. The van der Waals surface area contributed by atoms with Gasteiger partial charge in [-0.15, -0.1) is 0 Å². The van der Waals surface area contributed by atoms with Crippen molar-refractivity contribution in [1.82, 2.24) is 0 Å². The molecule has 4 heteroatoms. The molecule has 4 atom stereocenters. The Kier molecular flexibility index (Phi) is 2.77. The average molecular weight is 379 g/mol. The topological polar surface area (TPSA) is 37.4 Å². The molecule has 1 heterocycles. The van der Waals surface area contributed by atoms with E-state index in [4.69, 9.17) is 0 Å². The van der Waals surface area contributed by atoms with E-state index in [2.05, 4.69) is 34.7 Å². The van der Waals surface area contributed by atoms with Crippen LogP contribution in [0.2, 0.25) is 0 Å². The number of hydrogen-bond acceptors (Lipinski definition) is 2. The summed E-state index contributed by atoms with van der Waals surface area (Å²) >= 11 is 2.21. The van der Waals surface area contributed by atoms with Gasteiger partial charge in [0.2, 0.25) is 11.8 Å². The largest absolute Gasteiger partial charge is 0.274 e. The van der Waals surface area contributed by atoms with E-state index in [1.165, 1.54) is 4.90 Å². The molecule has 20 heavy (non-hydrogen) atoms. The molecule has 0 spiro atoms. The highest BCUT2D eigenvalue weighted by molar-refractivity contribution is 14.1. The molecule has 0 N–H and O–H groups in total. The predicted octanol–water partition coefficient (Wildman–Crippen LogP) is 2.99. The Morgan fingerprint density at radius 3 is 2.10 bits per heavy atom. The maximum absolute atomic E-state index is 12.7. The third-order valence-corrected chi connectivity index (χ3v) is 5.50. The Bertz CT molecular complexity index is 607. The van der Waals surface area contributed by atoms with Crippen molar-refractivity contribution in [2.45, 2.75) is 12.8 Å². The summed E-state index contributed by atoms with van der Waals surface area (Å²) in [7, 11) is 0. The Hall–Kier alpha value is -1.17. The number of nitrogens with zero attached hydrogens (tertiary/aromatic N) is 1. The van der Waals surface area contributed by atoms with E-state index in [0.29, 0.717) is 0 Å². The first kappa shape index (κ1) is 12.6. The number of benzene rings is 1. The van der Waals surface area contributed by atoms with Crippen LogP contribution in [0.5, 0.6) is 0 Å². The molecule has 1 saturated heterocycles. The zero-order valence-electron chi connectivity index (χ0n) is 10.8. The maximum Gasteiger partial charge on any atom is 0.238 e. The molecule has 0 aromatic heterocycles. The zero-order chi connectivity index (χ0) is 13.9. The number of halogens is 1. The van der Waals surface area contributed by atoms with Crippen molar-refractivity contribution in [3.63, 3.8) is 0 Å². The van der Waals surface area contributed by atoms with Gasteiger partial charge in [-0.2, -0.15) is 0 Å². The molecule has 0 unspecified atom stereocenters. The van der Waals surface area contributed by atoms with Crippen LogP contribution in [-0.4, -0.2) is 11.8 Å². The van der Waals surface area contributed by atoms with Crippen molar-refractivity contribution < 1.29 is 9.59 Å². The third kappa shape index (κ3) is 1.63. The summed E-state index contributed by atoms with van der Waals surface area (Å²) in [5.41, 5.74) is 0.723. The average Bonchev–Trinajstić information content (AvgIpc) is 2.74. The first-order chi connectivity index (χ1) is 9.66. The number of carbonyl (C=O) groups is 2. The third-order valence-electron chi connectivity index (χ3n) is 4.83. The quantitative estimate of drug-likeness (QED) is 0.428. The highest BCUT2D eigenvalue weighted by Gasteiger charge is 2.56. The lowest BCUT2D eigenvalue weighted by atomic mass is 9.63. The Morgan fingerprint density at radius 1 is 1.00 bits per heavy atom. The van der Waals surface area contributed by atoms with Crippen LogP contribution < -0.4 is 4.90 Å². The van der Waals surface area contributed by atoms with Crippen molar-refractivity contribution >= 4 is 40.1 Å². The summed E-state index contributed by atoms with van der Waals surface area (Å²) in [5.74, 6) is 0.277. The van der Waals surface area contributed by atoms with Gasteiger partial charge in [-0.1, -0.05) is 18.2 Å². The van der Waals surface area contributed by atoms with Gasteiger partial charge in [-0.3, -0.25) is 9.59 Å². The molecular weight excluding hydrogens is 365 g/mol. The molecule has 0 radical (unpaired) electrons. The van der Waals surface area contributed by atoms with Crippen LogP contribution >= 0.6 is 22.6 Å². The second-order valence-corrected chi connectivity index (χ2v) is 7.08. The molecule has 1 aromatic carbocycles.